The summed E-state index contributed by atoms with van der Waals surface area (Å²) in [5.41, 5.74) is -0.269. The second-order valence-electron chi connectivity index (χ2n) is 4.71. The van der Waals surface area contributed by atoms with Crippen LogP contribution in [0, 0.1) is 12.7 Å². The van der Waals surface area contributed by atoms with Crippen molar-refractivity contribution >= 4 is 5.78 Å². The topological polar surface area (TPSA) is 17.1 Å². The van der Waals surface area contributed by atoms with Crippen LogP contribution in [0.4, 0.5) is 17.6 Å². The van der Waals surface area contributed by atoms with Gasteiger partial charge in [-0.3, -0.25) is 4.79 Å². The van der Waals surface area contributed by atoms with Gasteiger partial charge in [-0.25, -0.2) is 4.39 Å². The van der Waals surface area contributed by atoms with Gasteiger partial charge in [0, 0.05) is 12.0 Å². The van der Waals surface area contributed by atoms with Gasteiger partial charge >= 0.3 is 6.18 Å². The van der Waals surface area contributed by atoms with E-state index in [1.165, 1.54) is 30.3 Å². The van der Waals surface area contributed by atoms with E-state index in [1.807, 2.05) is 0 Å². The highest BCUT2D eigenvalue weighted by molar-refractivity contribution is 5.99. The van der Waals surface area contributed by atoms with Crippen LogP contribution in [-0.4, -0.2) is 5.78 Å². The summed E-state index contributed by atoms with van der Waals surface area (Å²) in [7, 11) is 0. The van der Waals surface area contributed by atoms with Crippen molar-refractivity contribution in [2.24, 2.45) is 0 Å². The Hall–Kier alpha value is -2.17. The lowest BCUT2D eigenvalue weighted by Crippen LogP contribution is -2.14. The zero-order chi connectivity index (χ0) is 15.6. The maximum Gasteiger partial charge on any atom is 0.417 e. The molecule has 0 bridgehead atoms. The van der Waals surface area contributed by atoms with Crippen molar-refractivity contribution in [3.8, 4) is 0 Å². The molecular weight excluding hydrogens is 284 g/mol. The zero-order valence-electron chi connectivity index (χ0n) is 11.2. The number of carbonyl (C=O) groups excluding carboxylic acids is 1. The maximum absolute atomic E-state index is 13.0. The summed E-state index contributed by atoms with van der Waals surface area (Å²) in [5.74, 6) is -1.09. The number of ketones is 1. The van der Waals surface area contributed by atoms with E-state index in [0.29, 0.717) is 11.1 Å². The lowest BCUT2D eigenvalue weighted by atomic mass is 9.96. The first-order chi connectivity index (χ1) is 9.79. The molecule has 0 unspecified atom stereocenters. The predicted molar refractivity (Wildman–Crippen MR) is 70.6 cm³/mol. The van der Waals surface area contributed by atoms with Gasteiger partial charge in [0.05, 0.1) is 5.56 Å². The van der Waals surface area contributed by atoms with Crippen LogP contribution >= 0.6 is 0 Å². The van der Waals surface area contributed by atoms with Crippen LogP contribution in [0.5, 0.6) is 0 Å². The first-order valence-corrected chi connectivity index (χ1v) is 6.23. The number of Topliss-reactive ketones (excluding diaryl/α,β-unsaturated/α-hetero) is 1. The largest absolute Gasteiger partial charge is 0.417 e. The number of alkyl halides is 3. The van der Waals surface area contributed by atoms with Crippen molar-refractivity contribution < 1.29 is 22.4 Å². The van der Waals surface area contributed by atoms with Crippen LogP contribution in [0.2, 0.25) is 0 Å². The highest BCUT2D eigenvalue weighted by atomic mass is 19.4. The Morgan fingerprint density at radius 3 is 2.38 bits per heavy atom. The summed E-state index contributed by atoms with van der Waals surface area (Å²) in [5, 5.41) is 0. The third-order valence-corrected chi connectivity index (χ3v) is 3.19. The molecule has 0 heterocycles. The van der Waals surface area contributed by atoms with Gasteiger partial charge in [-0.2, -0.15) is 13.2 Å². The summed E-state index contributed by atoms with van der Waals surface area (Å²) in [6.45, 7) is 1.61. The Bertz CT molecular complexity index is 674. The minimum atomic E-state index is -4.58. The number of carbonyl (C=O) groups is 1. The fourth-order valence-corrected chi connectivity index (χ4v) is 2.10. The lowest BCUT2D eigenvalue weighted by molar-refractivity contribution is -0.137. The van der Waals surface area contributed by atoms with Gasteiger partial charge in [-0.1, -0.05) is 24.3 Å². The van der Waals surface area contributed by atoms with Gasteiger partial charge in [0.2, 0.25) is 0 Å². The van der Waals surface area contributed by atoms with Gasteiger partial charge < -0.3 is 0 Å². The summed E-state index contributed by atoms with van der Waals surface area (Å²) in [4.78, 5) is 12.1. The van der Waals surface area contributed by atoms with Gasteiger partial charge in [0.1, 0.15) is 5.82 Å². The molecule has 5 heteroatoms. The fourth-order valence-electron chi connectivity index (χ4n) is 2.10. The van der Waals surface area contributed by atoms with Crippen molar-refractivity contribution in [1.82, 2.24) is 0 Å². The monoisotopic (exact) mass is 296 g/mol. The summed E-state index contributed by atoms with van der Waals surface area (Å²) in [6.07, 6.45) is -4.77. The highest BCUT2D eigenvalue weighted by Gasteiger charge is 2.34. The van der Waals surface area contributed by atoms with E-state index in [2.05, 4.69) is 0 Å². The Kier molecular flexibility index (Phi) is 4.11. The maximum atomic E-state index is 13.0. The van der Waals surface area contributed by atoms with Gasteiger partial charge in [0.25, 0.3) is 0 Å². The summed E-state index contributed by atoms with van der Waals surface area (Å²) >= 11 is 0. The van der Waals surface area contributed by atoms with E-state index in [9.17, 15) is 22.4 Å². The number of aryl methyl sites for hydroxylation is 1. The van der Waals surface area contributed by atoms with Crippen molar-refractivity contribution in [1.29, 1.82) is 0 Å². The normalized spacial score (nSPS) is 11.5. The standard InChI is InChI=1S/C16H12F4O/c1-10-8-12(17)7-6-11(10)9-15(21)13-4-2-3-5-14(13)16(18,19)20/h2-8H,9H2,1H3. The van der Waals surface area contributed by atoms with Crippen LogP contribution in [0.3, 0.4) is 0 Å². The van der Waals surface area contributed by atoms with Crippen molar-refractivity contribution in [2.75, 3.05) is 0 Å². The molecule has 110 valence electrons. The molecule has 0 saturated carbocycles. The average Bonchev–Trinajstić information content (AvgIpc) is 2.41. The zero-order valence-corrected chi connectivity index (χ0v) is 11.2. The summed E-state index contributed by atoms with van der Waals surface area (Å²) in [6, 6.07) is 8.51. The molecule has 0 atom stereocenters. The molecule has 0 radical (unpaired) electrons. The minimum absolute atomic E-state index is 0.195. The Labute approximate surface area is 119 Å². The fraction of sp³-hybridized carbons (Fsp3) is 0.188. The molecule has 0 aliphatic carbocycles. The number of benzene rings is 2. The van der Waals surface area contributed by atoms with E-state index in [-0.39, 0.29) is 12.0 Å². The Morgan fingerprint density at radius 2 is 1.76 bits per heavy atom. The van der Waals surface area contributed by atoms with Crippen LogP contribution < -0.4 is 0 Å². The molecule has 0 amide bonds. The SMILES string of the molecule is Cc1cc(F)ccc1CC(=O)c1ccccc1C(F)(F)F. The molecule has 0 aromatic heterocycles. The molecule has 21 heavy (non-hydrogen) atoms. The van der Waals surface area contributed by atoms with Gasteiger partial charge in [-0.05, 0) is 36.2 Å². The van der Waals surface area contributed by atoms with Crippen LogP contribution in [0.25, 0.3) is 0 Å². The third-order valence-electron chi connectivity index (χ3n) is 3.19. The highest BCUT2D eigenvalue weighted by Crippen LogP contribution is 2.32. The first kappa shape index (κ1) is 15.2. The predicted octanol–water partition coefficient (Wildman–Crippen LogP) is 4.58. The summed E-state index contributed by atoms with van der Waals surface area (Å²) < 4.78 is 51.6. The van der Waals surface area contributed by atoms with Crippen molar-refractivity contribution in [3.05, 3.63) is 70.5 Å². The molecule has 0 saturated heterocycles. The van der Waals surface area contributed by atoms with Crippen LogP contribution in [0.15, 0.2) is 42.5 Å². The smallest absolute Gasteiger partial charge is 0.294 e. The van der Waals surface area contributed by atoms with E-state index in [0.717, 1.165) is 12.1 Å². The number of halogens is 4. The number of hydrogen-bond donors (Lipinski definition) is 0. The lowest BCUT2D eigenvalue weighted by Gasteiger charge is -2.12. The average molecular weight is 296 g/mol. The van der Waals surface area contributed by atoms with E-state index < -0.39 is 23.3 Å². The van der Waals surface area contributed by atoms with E-state index in [4.69, 9.17) is 0 Å². The molecule has 2 rings (SSSR count). The van der Waals surface area contributed by atoms with Crippen molar-refractivity contribution in [2.45, 2.75) is 19.5 Å². The second kappa shape index (κ2) is 5.68. The molecule has 0 fully saturated rings. The number of hydrogen-bond acceptors (Lipinski definition) is 1. The molecule has 0 aliphatic heterocycles. The molecular formula is C16H12F4O. The minimum Gasteiger partial charge on any atom is -0.294 e. The van der Waals surface area contributed by atoms with E-state index >= 15 is 0 Å². The molecule has 0 N–H and O–H groups in total. The first-order valence-electron chi connectivity index (χ1n) is 6.23. The van der Waals surface area contributed by atoms with Gasteiger partial charge in [-0.15, -0.1) is 0 Å². The van der Waals surface area contributed by atoms with Crippen molar-refractivity contribution in [3.63, 3.8) is 0 Å². The van der Waals surface area contributed by atoms with Gasteiger partial charge in [0.15, 0.2) is 5.78 Å². The molecule has 0 spiro atoms. The molecule has 2 aromatic carbocycles. The molecule has 0 aliphatic rings. The van der Waals surface area contributed by atoms with Crippen LogP contribution in [0.1, 0.15) is 27.0 Å². The van der Waals surface area contributed by atoms with Crippen LogP contribution in [-0.2, 0) is 12.6 Å². The molecule has 2 aromatic rings. The number of rotatable bonds is 3. The Balaban J connectivity index is 2.33. The quantitative estimate of drug-likeness (QED) is 0.598. The van der Waals surface area contributed by atoms with E-state index in [1.54, 1.807) is 6.92 Å². The third kappa shape index (κ3) is 3.48. The molecule has 1 nitrogen and oxygen atoms in total. The second-order valence-corrected chi connectivity index (χ2v) is 4.71. The Morgan fingerprint density at radius 1 is 1.10 bits per heavy atom.